The minimum atomic E-state index is -0.597. The molecule has 0 unspecified atom stereocenters. The van der Waals surface area contributed by atoms with Gasteiger partial charge in [0.2, 0.25) is 5.82 Å². The standard InChI is InChI=1S/C10H7N5O2/c16-10-12-9(15-17-10)8-5-7(13-14-8)6-1-3-11-4-2-6/h1-5H,(H,13,14)(H,12,15,16). The second-order valence-electron chi connectivity index (χ2n) is 3.35. The van der Waals surface area contributed by atoms with E-state index in [4.69, 9.17) is 0 Å². The molecule has 3 aromatic heterocycles. The molecule has 3 rings (SSSR count). The van der Waals surface area contributed by atoms with E-state index in [0.29, 0.717) is 11.5 Å². The molecule has 0 amide bonds. The molecule has 0 atom stereocenters. The van der Waals surface area contributed by atoms with Gasteiger partial charge < -0.3 is 0 Å². The molecule has 2 N–H and O–H groups in total. The highest BCUT2D eigenvalue weighted by Crippen LogP contribution is 2.20. The van der Waals surface area contributed by atoms with Gasteiger partial charge in [-0.3, -0.25) is 19.6 Å². The summed E-state index contributed by atoms with van der Waals surface area (Å²) in [6, 6.07) is 5.44. The van der Waals surface area contributed by atoms with Crippen LogP contribution < -0.4 is 5.76 Å². The molecule has 17 heavy (non-hydrogen) atoms. The number of nitrogens with one attached hydrogen (secondary N) is 2. The molecular weight excluding hydrogens is 222 g/mol. The van der Waals surface area contributed by atoms with Gasteiger partial charge in [0, 0.05) is 18.0 Å². The molecule has 0 spiro atoms. The normalized spacial score (nSPS) is 10.6. The van der Waals surface area contributed by atoms with Gasteiger partial charge >= 0.3 is 5.76 Å². The number of hydrogen-bond donors (Lipinski definition) is 2. The van der Waals surface area contributed by atoms with Gasteiger partial charge in [0.05, 0.1) is 5.69 Å². The zero-order valence-electron chi connectivity index (χ0n) is 8.54. The monoisotopic (exact) mass is 229 g/mol. The lowest BCUT2D eigenvalue weighted by atomic mass is 10.2. The molecule has 0 aromatic carbocycles. The van der Waals surface area contributed by atoms with E-state index < -0.39 is 5.76 Å². The lowest BCUT2D eigenvalue weighted by Crippen LogP contribution is -1.94. The van der Waals surface area contributed by atoms with E-state index in [1.165, 1.54) is 0 Å². The molecule has 0 radical (unpaired) electrons. The Morgan fingerprint density at radius 3 is 2.76 bits per heavy atom. The summed E-state index contributed by atoms with van der Waals surface area (Å²) in [6.45, 7) is 0. The van der Waals surface area contributed by atoms with Crippen molar-refractivity contribution in [2.24, 2.45) is 0 Å². The van der Waals surface area contributed by atoms with Crippen LogP contribution in [0.4, 0.5) is 0 Å². The average Bonchev–Trinajstić information content (AvgIpc) is 2.98. The first-order chi connectivity index (χ1) is 8.33. The summed E-state index contributed by atoms with van der Waals surface area (Å²) in [5.74, 6) is -0.275. The topological polar surface area (TPSA) is 100 Å². The third-order valence-electron chi connectivity index (χ3n) is 2.25. The number of rotatable bonds is 2. The molecule has 0 saturated carbocycles. The SMILES string of the molecule is O=c1[nH]c(-c2cc(-c3ccncc3)n[nH]2)no1. The van der Waals surface area contributed by atoms with Crippen molar-refractivity contribution < 1.29 is 4.52 Å². The Morgan fingerprint density at radius 1 is 1.24 bits per heavy atom. The molecule has 3 heterocycles. The van der Waals surface area contributed by atoms with Crippen molar-refractivity contribution in [2.75, 3.05) is 0 Å². The first-order valence-corrected chi connectivity index (χ1v) is 4.85. The maximum Gasteiger partial charge on any atom is 0.439 e. The molecule has 0 bridgehead atoms. The minimum Gasteiger partial charge on any atom is -0.296 e. The maximum atomic E-state index is 10.8. The van der Waals surface area contributed by atoms with Crippen molar-refractivity contribution in [1.29, 1.82) is 0 Å². The fraction of sp³-hybridized carbons (Fsp3) is 0. The first-order valence-electron chi connectivity index (χ1n) is 4.85. The molecular formula is C10H7N5O2. The van der Waals surface area contributed by atoms with Gasteiger partial charge in [0.1, 0.15) is 5.69 Å². The van der Waals surface area contributed by atoms with Crippen LogP contribution in [-0.2, 0) is 0 Å². The second-order valence-corrected chi connectivity index (χ2v) is 3.35. The third-order valence-corrected chi connectivity index (χ3v) is 2.25. The Bertz CT molecular complexity index is 682. The smallest absolute Gasteiger partial charge is 0.296 e. The van der Waals surface area contributed by atoms with Crippen LogP contribution in [0.1, 0.15) is 0 Å². The van der Waals surface area contributed by atoms with Gasteiger partial charge in [-0.05, 0) is 18.2 Å². The Labute approximate surface area is 94.5 Å². The van der Waals surface area contributed by atoms with Crippen LogP contribution in [0.25, 0.3) is 22.8 Å². The summed E-state index contributed by atoms with van der Waals surface area (Å²) < 4.78 is 4.41. The third kappa shape index (κ3) is 1.73. The molecule has 0 fully saturated rings. The zero-order valence-corrected chi connectivity index (χ0v) is 8.54. The quantitative estimate of drug-likeness (QED) is 0.677. The van der Waals surface area contributed by atoms with E-state index in [1.807, 2.05) is 12.1 Å². The molecule has 84 valence electrons. The Kier molecular flexibility index (Phi) is 2.08. The summed E-state index contributed by atoms with van der Waals surface area (Å²) in [5, 5.41) is 10.5. The van der Waals surface area contributed by atoms with Gasteiger partial charge in [-0.2, -0.15) is 5.10 Å². The van der Waals surface area contributed by atoms with E-state index in [2.05, 4.69) is 29.8 Å². The van der Waals surface area contributed by atoms with E-state index >= 15 is 0 Å². The first kappa shape index (κ1) is 9.52. The van der Waals surface area contributed by atoms with Gasteiger partial charge in [0.15, 0.2) is 0 Å². The molecule has 0 saturated heterocycles. The maximum absolute atomic E-state index is 10.8. The highest BCUT2D eigenvalue weighted by Gasteiger charge is 2.09. The summed E-state index contributed by atoms with van der Waals surface area (Å²) in [5.41, 5.74) is 2.25. The predicted octanol–water partition coefficient (Wildman–Crippen LogP) is 0.815. The Morgan fingerprint density at radius 2 is 2.06 bits per heavy atom. The predicted molar refractivity (Wildman–Crippen MR) is 57.9 cm³/mol. The van der Waals surface area contributed by atoms with Crippen LogP contribution in [0, 0.1) is 0 Å². The number of aromatic amines is 2. The fourth-order valence-electron chi connectivity index (χ4n) is 1.46. The lowest BCUT2D eigenvalue weighted by molar-refractivity contribution is 0.387. The van der Waals surface area contributed by atoms with Crippen LogP contribution in [0.2, 0.25) is 0 Å². The van der Waals surface area contributed by atoms with Crippen LogP contribution >= 0.6 is 0 Å². The van der Waals surface area contributed by atoms with Crippen LogP contribution in [-0.4, -0.2) is 25.3 Å². The van der Waals surface area contributed by atoms with Gasteiger partial charge in [-0.15, -0.1) is 0 Å². The molecule has 3 aromatic rings. The fourth-order valence-corrected chi connectivity index (χ4v) is 1.46. The number of H-pyrrole nitrogens is 2. The second kappa shape index (κ2) is 3.71. The van der Waals surface area contributed by atoms with Crippen molar-refractivity contribution >= 4 is 0 Å². The van der Waals surface area contributed by atoms with E-state index in [9.17, 15) is 4.79 Å². The lowest BCUT2D eigenvalue weighted by Gasteiger charge is -1.91. The van der Waals surface area contributed by atoms with Crippen molar-refractivity contribution in [3.63, 3.8) is 0 Å². The number of aromatic nitrogens is 5. The molecule has 0 aliphatic heterocycles. The number of nitrogens with zero attached hydrogens (tertiary/aromatic N) is 3. The van der Waals surface area contributed by atoms with Crippen LogP contribution in [0.15, 0.2) is 39.9 Å². The van der Waals surface area contributed by atoms with E-state index in [0.717, 1.165) is 11.3 Å². The Balaban J connectivity index is 2.01. The van der Waals surface area contributed by atoms with Gasteiger partial charge in [0.25, 0.3) is 0 Å². The van der Waals surface area contributed by atoms with Crippen LogP contribution in [0.5, 0.6) is 0 Å². The largest absolute Gasteiger partial charge is 0.439 e. The van der Waals surface area contributed by atoms with Crippen molar-refractivity contribution in [2.45, 2.75) is 0 Å². The van der Waals surface area contributed by atoms with Crippen molar-refractivity contribution in [3.05, 3.63) is 41.1 Å². The van der Waals surface area contributed by atoms with Crippen molar-refractivity contribution in [1.82, 2.24) is 25.3 Å². The molecule has 7 heteroatoms. The van der Waals surface area contributed by atoms with Crippen LogP contribution in [0.3, 0.4) is 0 Å². The summed E-state index contributed by atoms with van der Waals surface area (Å²) in [4.78, 5) is 17.2. The molecule has 0 aliphatic carbocycles. The Hall–Kier alpha value is -2.70. The molecule has 0 aliphatic rings. The number of pyridine rings is 1. The highest BCUT2D eigenvalue weighted by atomic mass is 16.5. The zero-order chi connectivity index (χ0) is 11.7. The summed E-state index contributed by atoms with van der Waals surface area (Å²) >= 11 is 0. The molecule has 7 nitrogen and oxygen atoms in total. The summed E-state index contributed by atoms with van der Waals surface area (Å²) in [7, 11) is 0. The van der Waals surface area contributed by atoms with Crippen molar-refractivity contribution in [3.8, 4) is 22.8 Å². The average molecular weight is 229 g/mol. The minimum absolute atomic E-state index is 0.322. The highest BCUT2D eigenvalue weighted by molar-refractivity contribution is 5.64. The van der Waals surface area contributed by atoms with Gasteiger partial charge in [-0.25, -0.2) is 4.79 Å². The number of hydrogen-bond acceptors (Lipinski definition) is 5. The summed E-state index contributed by atoms with van der Waals surface area (Å²) in [6.07, 6.45) is 3.36. The van der Waals surface area contributed by atoms with Gasteiger partial charge in [-0.1, -0.05) is 5.16 Å². The van der Waals surface area contributed by atoms with E-state index in [-0.39, 0.29) is 0 Å². The van der Waals surface area contributed by atoms with E-state index in [1.54, 1.807) is 18.5 Å².